The number of halogens is 4. The molecule has 2 aromatic carbocycles. The summed E-state index contributed by atoms with van der Waals surface area (Å²) in [6.45, 7) is 0. The average molecular weight is 619 g/mol. The number of benzene rings is 2. The van der Waals surface area contributed by atoms with E-state index in [1.54, 1.807) is 0 Å². The Hall–Kier alpha value is 1.45. The molecule has 2 rings (SSSR count). The van der Waals surface area contributed by atoms with Crippen molar-refractivity contribution in [3.63, 3.8) is 0 Å². The second-order valence-electron chi connectivity index (χ2n) is 3.88. The van der Waals surface area contributed by atoms with Crippen LogP contribution in [0.15, 0.2) is 60.7 Å². The van der Waals surface area contributed by atoms with Crippen LogP contribution in [-0.2, 0) is 0 Å². The Morgan fingerprint density at radius 1 is 0.500 bits per heavy atom. The van der Waals surface area contributed by atoms with Crippen molar-refractivity contribution in [2.75, 3.05) is 0 Å². The number of rotatable bonds is 3. The fourth-order valence-electron chi connectivity index (χ4n) is 1.66. The molecule has 0 fully saturated rings. The molecular formula is C12H10Br4Ge2. The predicted octanol–water partition coefficient (Wildman–Crippen LogP) is 4.34. The monoisotopic (exact) mass is 618 g/mol. The van der Waals surface area contributed by atoms with E-state index in [4.69, 9.17) is 0 Å². The van der Waals surface area contributed by atoms with Crippen molar-refractivity contribution in [1.82, 2.24) is 0 Å². The van der Waals surface area contributed by atoms with Crippen LogP contribution in [0.4, 0.5) is 0 Å². The van der Waals surface area contributed by atoms with Crippen LogP contribution in [0.5, 0.6) is 0 Å². The molecule has 0 aromatic heterocycles. The van der Waals surface area contributed by atoms with E-state index in [1.165, 1.54) is 8.79 Å². The van der Waals surface area contributed by atoms with Gasteiger partial charge in [0.05, 0.1) is 0 Å². The van der Waals surface area contributed by atoms with Crippen LogP contribution >= 0.6 is 56.0 Å². The van der Waals surface area contributed by atoms with Crippen molar-refractivity contribution >= 4 is 80.0 Å². The first-order chi connectivity index (χ1) is 8.46. The summed E-state index contributed by atoms with van der Waals surface area (Å²) in [6, 6.07) is 21.3. The summed E-state index contributed by atoms with van der Waals surface area (Å²) in [5.41, 5.74) is 0. The first-order valence-corrected chi connectivity index (χ1v) is 33.6. The molecule has 0 aliphatic carbocycles. The van der Waals surface area contributed by atoms with Crippen LogP contribution in [0.1, 0.15) is 0 Å². The minimum atomic E-state index is -2.48. The third-order valence-electron chi connectivity index (χ3n) is 2.67. The molecule has 94 valence electrons. The van der Waals surface area contributed by atoms with Gasteiger partial charge in [0, 0.05) is 0 Å². The molecule has 0 amide bonds. The van der Waals surface area contributed by atoms with Gasteiger partial charge in [-0.05, 0) is 0 Å². The minimum absolute atomic E-state index is 1.40. The Kier molecular flexibility index (Phi) is 5.69. The van der Waals surface area contributed by atoms with Gasteiger partial charge in [-0.3, -0.25) is 0 Å². The number of hydrogen-bond donors (Lipinski definition) is 0. The van der Waals surface area contributed by atoms with Gasteiger partial charge >= 0.3 is 141 Å². The molecule has 0 aliphatic heterocycles. The average Bonchev–Trinajstić information content (AvgIpc) is 2.40. The summed E-state index contributed by atoms with van der Waals surface area (Å²) in [5.74, 6) is 0. The first-order valence-electron chi connectivity index (χ1n) is 5.33. The van der Waals surface area contributed by atoms with Crippen LogP contribution in [-0.4, -0.2) is 15.2 Å². The van der Waals surface area contributed by atoms with Crippen LogP contribution in [0.3, 0.4) is 0 Å². The molecule has 0 saturated heterocycles. The van der Waals surface area contributed by atoms with E-state index >= 15 is 0 Å². The molecule has 0 N–H and O–H groups in total. The molecule has 0 unspecified atom stereocenters. The number of hydrogen-bond acceptors (Lipinski definition) is 0. The first kappa shape index (κ1) is 15.8. The second kappa shape index (κ2) is 6.47. The van der Waals surface area contributed by atoms with Gasteiger partial charge in [0.1, 0.15) is 0 Å². The van der Waals surface area contributed by atoms with Gasteiger partial charge in [-0.25, -0.2) is 0 Å². The molecule has 6 heteroatoms. The summed E-state index contributed by atoms with van der Waals surface area (Å²) in [6.07, 6.45) is 0. The zero-order valence-corrected chi connectivity index (χ0v) is 19.8. The van der Waals surface area contributed by atoms with Gasteiger partial charge in [-0.1, -0.05) is 0 Å². The van der Waals surface area contributed by atoms with Gasteiger partial charge in [0.15, 0.2) is 0 Å². The van der Waals surface area contributed by atoms with Gasteiger partial charge in [0.25, 0.3) is 0 Å². The van der Waals surface area contributed by atoms with E-state index in [2.05, 4.69) is 117 Å². The van der Waals surface area contributed by atoms with Crippen LogP contribution in [0, 0.1) is 0 Å². The van der Waals surface area contributed by atoms with Crippen molar-refractivity contribution in [2.24, 2.45) is 0 Å². The summed E-state index contributed by atoms with van der Waals surface area (Å²) in [4.78, 5) is 0. The standard InChI is InChI=1S/C12H10Br4Ge2/c13-17(14,11-7-3-1-4-8-11)18(15,16)12-9-5-2-6-10-12/h1-10H. The van der Waals surface area contributed by atoms with E-state index in [1.807, 2.05) is 0 Å². The molecular weight excluding hydrogens is 609 g/mol. The van der Waals surface area contributed by atoms with Gasteiger partial charge < -0.3 is 0 Å². The third kappa shape index (κ3) is 3.19. The molecule has 0 heterocycles. The zero-order chi connectivity index (χ0) is 13.2. The zero-order valence-electron chi connectivity index (χ0n) is 9.29. The molecule has 0 radical (unpaired) electrons. The van der Waals surface area contributed by atoms with Crippen LogP contribution < -0.4 is 8.79 Å². The van der Waals surface area contributed by atoms with E-state index in [9.17, 15) is 0 Å². The summed E-state index contributed by atoms with van der Waals surface area (Å²) < 4.78 is 2.80. The Balaban J connectivity index is 2.47. The molecule has 0 nitrogen and oxygen atoms in total. The Bertz CT molecular complexity index is 465. The van der Waals surface area contributed by atoms with E-state index < -0.39 is 15.2 Å². The van der Waals surface area contributed by atoms with Gasteiger partial charge in [0.2, 0.25) is 0 Å². The quantitative estimate of drug-likeness (QED) is 0.449. The maximum absolute atomic E-state index is 4.04. The van der Waals surface area contributed by atoms with E-state index in [0.29, 0.717) is 0 Å². The second-order valence-corrected chi connectivity index (χ2v) is 95.2. The molecule has 0 atom stereocenters. The maximum atomic E-state index is 4.04. The predicted molar refractivity (Wildman–Crippen MR) is 99.4 cm³/mol. The SMILES string of the molecule is [Br][Ge]([Br])([c]1ccccc1)[Ge]([Br])([Br])[c]1ccccc1. The Morgan fingerprint density at radius 2 is 0.778 bits per heavy atom. The van der Waals surface area contributed by atoms with Crippen molar-refractivity contribution in [2.45, 2.75) is 0 Å². The van der Waals surface area contributed by atoms with Crippen molar-refractivity contribution < 1.29 is 0 Å². The summed E-state index contributed by atoms with van der Waals surface area (Å²) in [5, 5.41) is 0. The van der Waals surface area contributed by atoms with Crippen molar-refractivity contribution in [3.8, 4) is 0 Å². The van der Waals surface area contributed by atoms with Crippen LogP contribution in [0.2, 0.25) is 0 Å². The summed E-state index contributed by atoms with van der Waals surface area (Å²) >= 11 is 16.2. The molecule has 0 bridgehead atoms. The summed E-state index contributed by atoms with van der Waals surface area (Å²) in [7, 11) is -4.95. The fourth-order valence-corrected chi connectivity index (χ4v) is 47.5. The molecule has 0 aliphatic rings. The fraction of sp³-hybridized carbons (Fsp3) is 0. The van der Waals surface area contributed by atoms with Crippen molar-refractivity contribution in [1.29, 1.82) is 0 Å². The third-order valence-corrected chi connectivity index (χ3v) is 155. The molecule has 2 aromatic rings. The Labute approximate surface area is 139 Å². The van der Waals surface area contributed by atoms with E-state index in [-0.39, 0.29) is 0 Å². The normalized spacial score (nSPS) is 12.4. The topological polar surface area (TPSA) is 0 Å². The molecule has 0 spiro atoms. The van der Waals surface area contributed by atoms with Gasteiger partial charge in [-0.2, -0.15) is 0 Å². The Morgan fingerprint density at radius 3 is 1.06 bits per heavy atom. The van der Waals surface area contributed by atoms with Crippen LogP contribution in [0.25, 0.3) is 0 Å². The van der Waals surface area contributed by atoms with E-state index in [0.717, 1.165) is 0 Å². The van der Waals surface area contributed by atoms with Crippen molar-refractivity contribution in [3.05, 3.63) is 60.7 Å². The molecule has 0 saturated carbocycles. The molecule has 18 heavy (non-hydrogen) atoms. The van der Waals surface area contributed by atoms with Gasteiger partial charge in [-0.15, -0.1) is 0 Å².